The Bertz CT molecular complexity index is 856. The summed E-state index contributed by atoms with van der Waals surface area (Å²) in [5, 5.41) is 13.7. The number of nitrogens with zero attached hydrogens (tertiary/aromatic N) is 2. The molecule has 0 radical (unpaired) electrons. The first-order valence-electron chi connectivity index (χ1n) is 8.09. The van der Waals surface area contributed by atoms with Crippen molar-refractivity contribution in [3.05, 3.63) is 64.1 Å². The molecule has 0 fully saturated rings. The molecule has 2 N–H and O–H groups in total. The Balaban J connectivity index is 1.84. The Hall–Kier alpha value is -1.99. The molecule has 2 heterocycles. The number of benzene rings is 2. The summed E-state index contributed by atoms with van der Waals surface area (Å²) in [5.41, 5.74) is 2.95. The van der Waals surface area contributed by atoms with Crippen molar-refractivity contribution in [3.63, 3.8) is 0 Å². The minimum absolute atomic E-state index is 0.0418. The molecule has 128 valence electrons. The lowest BCUT2D eigenvalue weighted by molar-refractivity contribution is -0.127. The average Bonchev–Trinajstić information content (AvgIpc) is 2.61. The van der Waals surface area contributed by atoms with E-state index in [9.17, 15) is 4.79 Å². The number of carbonyl (C=O) groups is 1. The number of amides is 1. The molecular formula is C18H17BrN4OS. The molecule has 2 aliphatic rings. The van der Waals surface area contributed by atoms with E-state index in [0.717, 1.165) is 27.0 Å². The number of anilines is 1. The summed E-state index contributed by atoms with van der Waals surface area (Å²) >= 11 is 5.06. The highest BCUT2D eigenvalue weighted by Gasteiger charge is 2.41. The first-order chi connectivity index (χ1) is 12.2. The number of halogens is 1. The van der Waals surface area contributed by atoms with Crippen LogP contribution in [0, 0.1) is 0 Å². The molecule has 0 aromatic heterocycles. The van der Waals surface area contributed by atoms with Crippen molar-refractivity contribution in [1.82, 2.24) is 10.3 Å². The van der Waals surface area contributed by atoms with E-state index in [1.807, 2.05) is 54.4 Å². The molecule has 4 rings (SSSR count). The maximum absolute atomic E-state index is 12.8. The molecule has 0 spiro atoms. The first-order valence-corrected chi connectivity index (χ1v) is 9.87. The number of hydrazone groups is 1. The fourth-order valence-corrected chi connectivity index (χ4v) is 4.18. The van der Waals surface area contributed by atoms with E-state index in [0.29, 0.717) is 5.17 Å². The van der Waals surface area contributed by atoms with Gasteiger partial charge in [-0.2, -0.15) is 0 Å². The number of amidine groups is 1. The van der Waals surface area contributed by atoms with Gasteiger partial charge in [0.05, 0.1) is 0 Å². The monoisotopic (exact) mass is 416 g/mol. The van der Waals surface area contributed by atoms with Crippen molar-refractivity contribution >= 4 is 44.5 Å². The zero-order valence-corrected chi connectivity index (χ0v) is 16.0. The number of rotatable bonds is 2. The van der Waals surface area contributed by atoms with E-state index in [2.05, 4.69) is 32.6 Å². The lowest BCUT2D eigenvalue weighted by atomic mass is 9.97. The van der Waals surface area contributed by atoms with Gasteiger partial charge in [-0.25, -0.2) is 0 Å². The summed E-state index contributed by atoms with van der Waals surface area (Å²) in [6.07, 6.45) is -0.212. The van der Waals surface area contributed by atoms with Gasteiger partial charge in [0.2, 0.25) is 0 Å². The smallest absolute Gasteiger partial charge is 0.255 e. The molecule has 25 heavy (non-hydrogen) atoms. The van der Waals surface area contributed by atoms with E-state index < -0.39 is 6.04 Å². The Kier molecular flexibility index (Phi) is 4.43. The van der Waals surface area contributed by atoms with Gasteiger partial charge in [0, 0.05) is 15.7 Å². The second kappa shape index (κ2) is 6.72. The van der Waals surface area contributed by atoms with Crippen LogP contribution in [0.3, 0.4) is 0 Å². The van der Waals surface area contributed by atoms with Crippen LogP contribution in [0.4, 0.5) is 5.69 Å². The summed E-state index contributed by atoms with van der Waals surface area (Å²) in [6.45, 7) is 2.04. The van der Waals surface area contributed by atoms with Crippen LogP contribution < -0.4 is 10.6 Å². The number of thioether (sulfide) groups is 1. The minimum Gasteiger partial charge on any atom is -0.360 e. The molecule has 2 aromatic rings. The highest BCUT2D eigenvalue weighted by Crippen LogP contribution is 2.42. The maximum Gasteiger partial charge on any atom is 0.255 e. The van der Waals surface area contributed by atoms with Gasteiger partial charge < -0.3 is 10.6 Å². The van der Waals surface area contributed by atoms with Gasteiger partial charge in [0.1, 0.15) is 6.17 Å². The summed E-state index contributed by atoms with van der Waals surface area (Å²) in [5.74, 6) is 0.809. The van der Waals surface area contributed by atoms with Gasteiger partial charge in [-0.05, 0) is 29.5 Å². The van der Waals surface area contributed by atoms with E-state index in [-0.39, 0.29) is 12.1 Å². The summed E-state index contributed by atoms with van der Waals surface area (Å²) < 4.78 is 0.996. The van der Waals surface area contributed by atoms with Crippen LogP contribution in [-0.2, 0) is 4.79 Å². The van der Waals surface area contributed by atoms with Crippen LogP contribution in [0.2, 0.25) is 0 Å². The molecule has 0 saturated carbocycles. The third-order valence-electron chi connectivity index (χ3n) is 4.21. The summed E-state index contributed by atoms with van der Waals surface area (Å²) in [4.78, 5) is 12.8. The van der Waals surface area contributed by atoms with Crippen molar-refractivity contribution in [2.45, 2.75) is 19.1 Å². The molecule has 1 amide bonds. The molecule has 0 unspecified atom stereocenters. The van der Waals surface area contributed by atoms with Gasteiger partial charge in [-0.1, -0.05) is 64.9 Å². The molecule has 7 heteroatoms. The van der Waals surface area contributed by atoms with Crippen molar-refractivity contribution < 1.29 is 4.79 Å². The molecule has 0 aliphatic carbocycles. The zero-order valence-electron chi connectivity index (χ0n) is 13.6. The Morgan fingerprint density at radius 2 is 2.08 bits per heavy atom. The fourth-order valence-electron chi connectivity index (χ4n) is 3.17. The van der Waals surface area contributed by atoms with Crippen LogP contribution in [0.1, 0.15) is 30.3 Å². The molecule has 2 aromatic carbocycles. The normalized spacial score (nSPS) is 21.6. The second-order valence-electron chi connectivity index (χ2n) is 5.80. The van der Waals surface area contributed by atoms with Crippen molar-refractivity contribution in [2.75, 3.05) is 11.1 Å². The first kappa shape index (κ1) is 16.5. The van der Waals surface area contributed by atoms with Crippen LogP contribution in [0.15, 0.2) is 58.1 Å². The van der Waals surface area contributed by atoms with Crippen LogP contribution >= 0.6 is 27.7 Å². The quantitative estimate of drug-likeness (QED) is 0.774. The van der Waals surface area contributed by atoms with Crippen molar-refractivity contribution in [3.8, 4) is 0 Å². The molecule has 2 aliphatic heterocycles. The number of carbonyl (C=O) groups excluding carboxylic acids is 1. The van der Waals surface area contributed by atoms with Crippen molar-refractivity contribution in [1.29, 1.82) is 0 Å². The molecule has 0 bridgehead atoms. The lowest BCUT2D eigenvalue weighted by Gasteiger charge is -2.43. The highest BCUT2D eigenvalue weighted by atomic mass is 79.9. The molecular weight excluding hydrogens is 400 g/mol. The minimum atomic E-state index is -0.442. The van der Waals surface area contributed by atoms with E-state index in [4.69, 9.17) is 5.10 Å². The highest BCUT2D eigenvalue weighted by molar-refractivity contribution is 9.10. The molecule has 5 nitrogen and oxygen atoms in total. The van der Waals surface area contributed by atoms with Crippen LogP contribution in [-0.4, -0.2) is 21.8 Å². The van der Waals surface area contributed by atoms with Gasteiger partial charge >= 0.3 is 0 Å². The fraction of sp³-hybridized carbons (Fsp3) is 0.222. The van der Waals surface area contributed by atoms with Gasteiger partial charge in [0.25, 0.3) is 5.91 Å². The number of hydrogen-bond acceptors (Lipinski definition) is 5. The maximum atomic E-state index is 12.8. The van der Waals surface area contributed by atoms with Gasteiger partial charge in [-0.3, -0.25) is 9.80 Å². The number of para-hydroxylation sites is 1. The van der Waals surface area contributed by atoms with E-state index in [1.165, 1.54) is 11.8 Å². The number of hydrogen-bond donors (Lipinski definition) is 2. The molecule has 2 atom stereocenters. The standard InChI is InChI=1S/C18H17BrN4OS/c1-2-25-18-21-17(24)15-13-8-3-4-9-14(13)20-16(23(15)22-18)11-6-5-7-12(19)10-11/h3-10,15-16,20H,2H2,1H3,(H,21,22,24)/t15-,16-/m1/s1. The second-order valence-corrected chi connectivity index (χ2v) is 7.97. The summed E-state index contributed by atoms with van der Waals surface area (Å²) in [7, 11) is 0. The van der Waals surface area contributed by atoms with E-state index >= 15 is 0 Å². The third-order valence-corrected chi connectivity index (χ3v) is 5.45. The van der Waals surface area contributed by atoms with Crippen LogP contribution in [0.5, 0.6) is 0 Å². The Morgan fingerprint density at radius 3 is 2.88 bits per heavy atom. The SMILES string of the molecule is CCSC1=NN2[C@H](c3cccc(Br)c3)Nc3ccccc3[C@@H]2C(=O)N1. The lowest BCUT2D eigenvalue weighted by Crippen LogP contribution is -2.50. The van der Waals surface area contributed by atoms with Gasteiger partial charge in [-0.15, -0.1) is 5.10 Å². The van der Waals surface area contributed by atoms with E-state index in [1.54, 1.807) is 0 Å². The third kappa shape index (κ3) is 3.02. The predicted octanol–water partition coefficient (Wildman–Crippen LogP) is 4.07. The summed E-state index contributed by atoms with van der Waals surface area (Å²) in [6, 6.07) is 15.5. The van der Waals surface area contributed by atoms with Gasteiger partial charge in [0.15, 0.2) is 11.2 Å². The topological polar surface area (TPSA) is 56.7 Å². The number of fused-ring (bicyclic) bond motifs is 3. The molecule has 0 saturated heterocycles. The average molecular weight is 417 g/mol. The zero-order chi connectivity index (χ0) is 17.4. The Morgan fingerprint density at radius 1 is 1.24 bits per heavy atom. The Labute approximate surface area is 159 Å². The number of nitrogens with one attached hydrogen (secondary N) is 2. The predicted molar refractivity (Wildman–Crippen MR) is 105 cm³/mol. The van der Waals surface area contributed by atoms with Crippen LogP contribution in [0.25, 0.3) is 0 Å². The van der Waals surface area contributed by atoms with Crippen molar-refractivity contribution in [2.24, 2.45) is 5.10 Å². The largest absolute Gasteiger partial charge is 0.360 e.